The molecule has 0 bridgehead atoms. The van der Waals surface area contributed by atoms with E-state index in [0.29, 0.717) is 5.56 Å². The first-order valence-corrected chi connectivity index (χ1v) is 4.16. The standard InChI is InChI=1S/C9H9BrF/c1-6(2)8-4-3-7(10)5-9(8)11/h3-5H,1-2H3. The molecule has 0 saturated carbocycles. The molecule has 0 atom stereocenters. The van der Waals surface area contributed by atoms with Crippen molar-refractivity contribution in [2.75, 3.05) is 0 Å². The fraction of sp³-hybridized carbons (Fsp3) is 0.222. The maximum absolute atomic E-state index is 13.1. The fourth-order valence-corrected chi connectivity index (χ4v) is 1.23. The van der Waals surface area contributed by atoms with Crippen molar-refractivity contribution in [3.8, 4) is 0 Å². The molecule has 0 nitrogen and oxygen atoms in total. The van der Waals surface area contributed by atoms with Crippen molar-refractivity contribution in [2.45, 2.75) is 13.8 Å². The molecule has 0 aromatic heterocycles. The lowest BCUT2D eigenvalue weighted by atomic mass is 10.0. The predicted molar refractivity (Wildman–Crippen MR) is 47.8 cm³/mol. The lowest BCUT2D eigenvalue weighted by Crippen LogP contribution is -1.92. The van der Waals surface area contributed by atoms with Gasteiger partial charge in [0.2, 0.25) is 0 Å². The number of hydrogen-bond donors (Lipinski definition) is 0. The highest BCUT2D eigenvalue weighted by atomic mass is 79.9. The molecule has 1 aromatic rings. The minimum absolute atomic E-state index is 0.167. The first kappa shape index (κ1) is 8.72. The summed E-state index contributed by atoms with van der Waals surface area (Å²) in [5.74, 6) is 0.828. The van der Waals surface area contributed by atoms with Crippen LogP contribution in [0.5, 0.6) is 0 Å². The smallest absolute Gasteiger partial charge is 0.128 e. The Balaban J connectivity index is 3.09. The third-order valence-electron chi connectivity index (χ3n) is 1.47. The second-order valence-electron chi connectivity index (χ2n) is 2.62. The van der Waals surface area contributed by atoms with Crippen LogP contribution < -0.4 is 0 Å². The molecule has 1 aromatic carbocycles. The highest BCUT2D eigenvalue weighted by Crippen LogP contribution is 2.20. The SMILES string of the molecule is C[C](C)c1ccc(Br)cc1F. The van der Waals surface area contributed by atoms with Crippen molar-refractivity contribution >= 4 is 15.9 Å². The van der Waals surface area contributed by atoms with Gasteiger partial charge in [-0.05, 0) is 17.7 Å². The monoisotopic (exact) mass is 215 g/mol. The van der Waals surface area contributed by atoms with Crippen LogP contribution in [0.3, 0.4) is 0 Å². The van der Waals surface area contributed by atoms with E-state index in [1.165, 1.54) is 6.07 Å². The van der Waals surface area contributed by atoms with Gasteiger partial charge in [-0.25, -0.2) is 4.39 Å². The fourth-order valence-electron chi connectivity index (χ4n) is 0.895. The Kier molecular flexibility index (Phi) is 2.66. The lowest BCUT2D eigenvalue weighted by molar-refractivity contribution is 0.615. The van der Waals surface area contributed by atoms with Crippen LogP contribution in [0.2, 0.25) is 0 Å². The van der Waals surface area contributed by atoms with E-state index in [1.807, 2.05) is 19.9 Å². The maximum atomic E-state index is 13.1. The van der Waals surface area contributed by atoms with Crippen LogP contribution in [-0.2, 0) is 0 Å². The second kappa shape index (κ2) is 3.35. The summed E-state index contributed by atoms with van der Waals surface area (Å²) < 4.78 is 13.8. The first-order chi connectivity index (χ1) is 5.11. The molecule has 0 amide bonds. The van der Waals surface area contributed by atoms with E-state index in [2.05, 4.69) is 15.9 Å². The van der Waals surface area contributed by atoms with Crippen molar-refractivity contribution in [1.29, 1.82) is 0 Å². The molecule has 0 spiro atoms. The van der Waals surface area contributed by atoms with Gasteiger partial charge in [0.05, 0.1) is 0 Å². The number of rotatable bonds is 1. The lowest BCUT2D eigenvalue weighted by Gasteiger charge is -2.05. The summed E-state index contributed by atoms with van der Waals surface area (Å²) in [5.41, 5.74) is 0.688. The Morgan fingerprint density at radius 2 is 2.00 bits per heavy atom. The summed E-state index contributed by atoms with van der Waals surface area (Å²) >= 11 is 3.20. The normalized spacial score (nSPS) is 10.6. The molecule has 0 aliphatic heterocycles. The molecule has 0 unspecified atom stereocenters. The van der Waals surface area contributed by atoms with Crippen LogP contribution in [0.25, 0.3) is 0 Å². The largest absolute Gasteiger partial charge is 0.207 e. The van der Waals surface area contributed by atoms with Gasteiger partial charge in [0.15, 0.2) is 0 Å². The zero-order chi connectivity index (χ0) is 8.43. The molecule has 0 aliphatic rings. The number of halogens is 2. The number of hydrogen-bond acceptors (Lipinski definition) is 0. The van der Waals surface area contributed by atoms with Gasteiger partial charge in [0, 0.05) is 10.4 Å². The Morgan fingerprint density at radius 1 is 1.36 bits per heavy atom. The van der Waals surface area contributed by atoms with E-state index in [1.54, 1.807) is 6.07 Å². The quantitative estimate of drug-likeness (QED) is 0.673. The summed E-state index contributed by atoms with van der Waals surface area (Å²) in [5, 5.41) is 0. The predicted octanol–water partition coefficient (Wildman–Crippen LogP) is 3.55. The Hall–Kier alpha value is -0.370. The van der Waals surface area contributed by atoms with E-state index in [9.17, 15) is 4.39 Å². The van der Waals surface area contributed by atoms with Crippen LogP contribution in [-0.4, -0.2) is 0 Å². The highest BCUT2D eigenvalue weighted by Gasteiger charge is 2.05. The average Bonchev–Trinajstić information content (AvgIpc) is 1.85. The van der Waals surface area contributed by atoms with E-state index >= 15 is 0 Å². The molecule has 11 heavy (non-hydrogen) atoms. The molecule has 1 rings (SSSR count). The van der Waals surface area contributed by atoms with Gasteiger partial charge in [-0.2, -0.15) is 0 Å². The Morgan fingerprint density at radius 3 is 2.45 bits per heavy atom. The molecule has 59 valence electrons. The molecule has 0 aliphatic carbocycles. The minimum atomic E-state index is -0.167. The van der Waals surface area contributed by atoms with Gasteiger partial charge in [0.1, 0.15) is 5.82 Å². The van der Waals surface area contributed by atoms with Gasteiger partial charge >= 0.3 is 0 Å². The zero-order valence-electron chi connectivity index (χ0n) is 6.49. The Labute approximate surface area is 74.6 Å². The van der Waals surface area contributed by atoms with Crippen molar-refractivity contribution in [1.82, 2.24) is 0 Å². The third-order valence-corrected chi connectivity index (χ3v) is 1.96. The summed E-state index contributed by atoms with van der Waals surface area (Å²) in [7, 11) is 0. The van der Waals surface area contributed by atoms with Gasteiger partial charge in [-0.15, -0.1) is 0 Å². The first-order valence-electron chi connectivity index (χ1n) is 3.37. The molecule has 0 saturated heterocycles. The minimum Gasteiger partial charge on any atom is -0.207 e. The van der Waals surface area contributed by atoms with Crippen molar-refractivity contribution in [2.24, 2.45) is 0 Å². The van der Waals surface area contributed by atoms with E-state index in [-0.39, 0.29) is 5.82 Å². The van der Waals surface area contributed by atoms with E-state index < -0.39 is 0 Å². The van der Waals surface area contributed by atoms with E-state index in [0.717, 1.165) is 10.4 Å². The second-order valence-corrected chi connectivity index (χ2v) is 3.54. The molecule has 0 N–H and O–H groups in total. The summed E-state index contributed by atoms with van der Waals surface area (Å²) in [6, 6.07) is 5.09. The van der Waals surface area contributed by atoms with Crippen LogP contribution in [0, 0.1) is 11.7 Å². The van der Waals surface area contributed by atoms with Crippen molar-refractivity contribution in [3.05, 3.63) is 40.0 Å². The Bertz CT molecular complexity index is 256. The van der Waals surface area contributed by atoms with Crippen molar-refractivity contribution < 1.29 is 4.39 Å². The van der Waals surface area contributed by atoms with Gasteiger partial charge < -0.3 is 0 Å². The van der Waals surface area contributed by atoms with Crippen LogP contribution in [0.4, 0.5) is 4.39 Å². The highest BCUT2D eigenvalue weighted by molar-refractivity contribution is 9.10. The molecule has 1 radical (unpaired) electrons. The van der Waals surface area contributed by atoms with Crippen molar-refractivity contribution in [3.63, 3.8) is 0 Å². The molecular formula is C9H9BrF. The van der Waals surface area contributed by atoms with Gasteiger partial charge in [-0.1, -0.05) is 35.8 Å². The zero-order valence-corrected chi connectivity index (χ0v) is 8.07. The van der Waals surface area contributed by atoms with Gasteiger partial charge in [-0.3, -0.25) is 0 Å². The third kappa shape index (κ3) is 2.03. The average molecular weight is 216 g/mol. The molecular weight excluding hydrogens is 207 g/mol. The molecule has 2 heteroatoms. The summed E-state index contributed by atoms with van der Waals surface area (Å²) in [6.45, 7) is 3.79. The molecule has 0 heterocycles. The van der Waals surface area contributed by atoms with Gasteiger partial charge in [0.25, 0.3) is 0 Å². The summed E-state index contributed by atoms with van der Waals surface area (Å²) in [4.78, 5) is 0. The maximum Gasteiger partial charge on any atom is 0.128 e. The molecule has 0 fully saturated rings. The van der Waals surface area contributed by atoms with E-state index in [4.69, 9.17) is 0 Å². The van der Waals surface area contributed by atoms with Crippen LogP contribution in [0.15, 0.2) is 22.7 Å². The van der Waals surface area contributed by atoms with Crippen LogP contribution in [0.1, 0.15) is 19.4 Å². The number of benzene rings is 1. The summed E-state index contributed by atoms with van der Waals surface area (Å²) in [6.07, 6.45) is 0. The topological polar surface area (TPSA) is 0 Å². The van der Waals surface area contributed by atoms with Crippen LogP contribution >= 0.6 is 15.9 Å².